The number of hydrogen-bond acceptors (Lipinski definition) is 9. The summed E-state index contributed by atoms with van der Waals surface area (Å²) in [5, 5.41) is 19.7. The number of rotatable bonds is 10. The van der Waals surface area contributed by atoms with Gasteiger partial charge in [0.25, 0.3) is 17.7 Å². The van der Waals surface area contributed by atoms with E-state index in [9.17, 15) is 19.5 Å². The zero-order valence-electron chi connectivity index (χ0n) is 31.0. The van der Waals surface area contributed by atoms with Crippen molar-refractivity contribution in [2.24, 2.45) is 11.7 Å². The number of fused-ring (bicyclic) bond motifs is 1. The molecule has 0 bridgehead atoms. The average Bonchev–Trinajstić information content (AvgIpc) is 3.58. The molecule has 2 aromatic carbocycles. The first-order valence-corrected chi connectivity index (χ1v) is 19.4. The summed E-state index contributed by atoms with van der Waals surface area (Å²) in [5.41, 5.74) is 9.86. The second-order valence-electron chi connectivity index (χ2n) is 15.6. The molecule has 2 saturated heterocycles. The van der Waals surface area contributed by atoms with Gasteiger partial charge in [0.15, 0.2) is 0 Å². The number of benzene rings is 2. The van der Waals surface area contributed by atoms with Gasteiger partial charge in [0.05, 0.1) is 23.3 Å². The zero-order valence-corrected chi connectivity index (χ0v) is 31.0. The Morgan fingerprint density at radius 2 is 1.58 bits per heavy atom. The number of piperidine rings is 1. The smallest absolute Gasteiger partial charge is 0.253 e. The second-order valence-corrected chi connectivity index (χ2v) is 15.6. The molecule has 53 heavy (non-hydrogen) atoms. The lowest BCUT2D eigenvalue weighted by Gasteiger charge is -2.38. The number of nitrogens with two attached hydrogens (primary N) is 1. The van der Waals surface area contributed by atoms with E-state index in [-0.39, 0.29) is 42.1 Å². The summed E-state index contributed by atoms with van der Waals surface area (Å²) in [6.45, 7) is 7.04. The Morgan fingerprint density at radius 1 is 0.849 bits per heavy atom. The number of aliphatic hydroxyl groups is 1. The van der Waals surface area contributed by atoms with Crippen LogP contribution in [0.3, 0.4) is 0 Å². The van der Waals surface area contributed by atoms with Crippen molar-refractivity contribution in [1.82, 2.24) is 20.5 Å². The molecule has 3 amide bonds. The van der Waals surface area contributed by atoms with Crippen molar-refractivity contribution in [3.8, 4) is 0 Å². The number of nitrogens with one attached hydrogen (secondary N) is 3. The molecule has 2 saturated carbocycles. The first-order chi connectivity index (χ1) is 25.6. The number of aromatic nitrogens is 1. The Bertz CT molecular complexity index is 1750. The Labute approximate surface area is 312 Å². The van der Waals surface area contributed by atoms with Gasteiger partial charge in [-0.15, -0.1) is 0 Å². The minimum Gasteiger partial charge on any atom is -0.393 e. The Balaban J connectivity index is 0.942. The number of piperazine rings is 1. The monoisotopic (exact) mass is 722 g/mol. The molecule has 4 atom stereocenters. The van der Waals surface area contributed by atoms with E-state index in [0.29, 0.717) is 41.1 Å². The summed E-state index contributed by atoms with van der Waals surface area (Å²) >= 11 is 0. The summed E-state index contributed by atoms with van der Waals surface area (Å²) < 4.78 is 0. The van der Waals surface area contributed by atoms with Crippen molar-refractivity contribution in [3.63, 3.8) is 0 Å². The van der Waals surface area contributed by atoms with Crippen LogP contribution < -0.4 is 31.5 Å². The summed E-state index contributed by atoms with van der Waals surface area (Å²) in [7, 11) is 2.16. The minimum atomic E-state index is -0.547. The molecule has 3 heterocycles. The maximum absolute atomic E-state index is 13.5. The fourth-order valence-electron chi connectivity index (χ4n) is 8.71. The summed E-state index contributed by atoms with van der Waals surface area (Å²) in [6.07, 6.45) is 8.18. The number of hydrogen-bond donors (Lipinski definition) is 5. The zero-order chi connectivity index (χ0) is 37.1. The number of aliphatic hydroxyl groups excluding tert-OH is 1. The molecule has 0 radical (unpaired) electrons. The van der Waals surface area contributed by atoms with Gasteiger partial charge in [-0.2, -0.15) is 0 Å². The van der Waals surface area contributed by atoms with Gasteiger partial charge in [0, 0.05) is 74.0 Å². The highest BCUT2D eigenvalue weighted by molar-refractivity contribution is 6.02. The van der Waals surface area contributed by atoms with Crippen LogP contribution in [-0.4, -0.2) is 96.7 Å². The maximum Gasteiger partial charge on any atom is 0.253 e. The predicted molar refractivity (Wildman–Crippen MR) is 207 cm³/mol. The second kappa shape index (κ2) is 16.1. The van der Waals surface area contributed by atoms with E-state index in [1.54, 1.807) is 24.4 Å². The van der Waals surface area contributed by atoms with Gasteiger partial charge < -0.3 is 41.5 Å². The average molecular weight is 723 g/mol. The quantitative estimate of drug-likeness (QED) is 0.206. The number of likely N-dealkylation sites (N-methyl/N-ethyl adjacent to an activating group) is 1. The van der Waals surface area contributed by atoms with E-state index in [0.717, 1.165) is 82.6 Å². The molecule has 4 fully saturated rings. The highest BCUT2D eigenvalue weighted by atomic mass is 16.3. The van der Waals surface area contributed by atoms with Crippen LogP contribution in [0.15, 0.2) is 60.8 Å². The number of carbonyl (C=O) groups is 3. The van der Waals surface area contributed by atoms with Crippen molar-refractivity contribution < 1.29 is 19.5 Å². The molecule has 4 aliphatic rings. The van der Waals surface area contributed by atoms with Crippen LogP contribution in [0.1, 0.15) is 101 Å². The molecule has 3 aromatic rings. The number of amides is 3. The molecule has 12 heteroatoms. The molecule has 6 N–H and O–H groups in total. The fraction of sp³-hybridized carbons (Fsp3) is 0.512. The molecule has 7 rings (SSSR count). The van der Waals surface area contributed by atoms with Crippen molar-refractivity contribution in [2.45, 2.75) is 88.6 Å². The van der Waals surface area contributed by atoms with Gasteiger partial charge in [0.2, 0.25) is 0 Å². The topological polar surface area (TPSA) is 156 Å². The van der Waals surface area contributed by atoms with Crippen molar-refractivity contribution in [1.29, 1.82) is 0 Å². The van der Waals surface area contributed by atoms with Gasteiger partial charge in [-0.3, -0.25) is 14.4 Å². The van der Waals surface area contributed by atoms with Gasteiger partial charge in [-0.25, -0.2) is 4.98 Å². The van der Waals surface area contributed by atoms with Crippen LogP contribution in [0.5, 0.6) is 0 Å². The first-order valence-electron chi connectivity index (χ1n) is 19.4. The van der Waals surface area contributed by atoms with Crippen molar-refractivity contribution in [2.75, 3.05) is 54.9 Å². The summed E-state index contributed by atoms with van der Waals surface area (Å²) in [4.78, 5) is 50.8. The van der Waals surface area contributed by atoms with Crippen LogP contribution in [0, 0.1) is 5.92 Å². The van der Waals surface area contributed by atoms with Crippen LogP contribution in [0.2, 0.25) is 0 Å². The van der Waals surface area contributed by atoms with E-state index in [1.807, 2.05) is 19.1 Å². The van der Waals surface area contributed by atoms with Crippen LogP contribution in [0.25, 0.3) is 0 Å². The van der Waals surface area contributed by atoms with Crippen LogP contribution in [-0.2, 0) is 0 Å². The molecule has 2 aliphatic heterocycles. The Morgan fingerprint density at radius 3 is 2.28 bits per heavy atom. The fourth-order valence-corrected chi connectivity index (χ4v) is 8.71. The van der Waals surface area contributed by atoms with Gasteiger partial charge >= 0.3 is 0 Å². The van der Waals surface area contributed by atoms with E-state index < -0.39 is 5.91 Å². The molecule has 2 aliphatic carbocycles. The van der Waals surface area contributed by atoms with Crippen LogP contribution >= 0.6 is 0 Å². The largest absolute Gasteiger partial charge is 0.393 e. The standard InChI is InChI=1S/C41H54N8O4/c1-26(27-5-11-33(12-6-27)48-20-18-47(2)19-21-48)44-41(53)30-8-16-38(43-25-30)49-17-3-4-28-22-32(24-37(28)49)46-40(52)29-7-15-35(39(42)51)36(23-29)45-31-9-13-34(50)14-10-31/h5-8,11-12,15-16,23,25-26,28,31-32,34,37,45,50H,3-4,9-10,13-14,17-22,24H2,1-2H3,(H2,42,51)(H,44,53)(H,46,52)/t26-,28?,31?,32?,34?,37?/m0/s1. The number of anilines is 3. The van der Waals surface area contributed by atoms with Crippen molar-refractivity contribution in [3.05, 3.63) is 83.0 Å². The van der Waals surface area contributed by atoms with E-state index in [4.69, 9.17) is 10.7 Å². The SMILES string of the molecule is C[C@H](NC(=O)c1ccc(N2CCCC3CC(NC(=O)c4ccc(C(N)=O)c(NC5CCC(O)CC5)c4)CC32)nc1)c1ccc(N2CCN(C)CC2)cc1. The lowest BCUT2D eigenvalue weighted by molar-refractivity contribution is 0.0929. The lowest BCUT2D eigenvalue weighted by atomic mass is 9.92. The lowest BCUT2D eigenvalue weighted by Crippen LogP contribution is -2.44. The van der Waals surface area contributed by atoms with E-state index in [1.165, 1.54) is 5.69 Å². The Kier molecular flexibility index (Phi) is 11.2. The third kappa shape index (κ3) is 8.60. The number of pyridine rings is 1. The maximum atomic E-state index is 13.5. The number of primary amides is 1. The summed E-state index contributed by atoms with van der Waals surface area (Å²) in [6, 6.07) is 17.5. The molecule has 0 spiro atoms. The number of nitrogens with zero attached hydrogens (tertiary/aromatic N) is 4. The molecule has 282 valence electrons. The van der Waals surface area contributed by atoms with E-state index in [2.05, 4.69) is 62.0 Å². The van der Waals surface area contributed by atoms with Crippen LogP contribution in [0.4, 0.5) is 17.2 Å². The van der Waals surface area contributed by atoms with Crippen molar-refractivity contribution >= 4 is 34.9 Å². The molecule has 3 unspecified atom stereocenters. The highest BCUT2D eigenvalue weighted by Crippen LogP contribution is 2.39. The molecular weight excluding hydrogens is 669 g/mol. The molecular formula is C41H54N8O4. The number of carbonyl (C=O) groups excluding carboxylic acids is 3. The van der Waals surface area contributed by atoms with Gasteiger partial charge in [-0.1, -0.05) is 12.1 Å². The predicted octanol–water partition coefficient (Wildman–Crippen LogP) is 4.32. The third-order valence-corrected chi connectivity index (χ3v) is 11.9. The van der Waals surface area contributed by atoms with Gasteiger partial charge in [0.1, 0.15) is 5.82 Å². The minimum absolute atomic E-state index is 0.00678. The van der Waals surface area contributed by atoms with Gasteiger partial charge in [-0.05, 0) is 119 Å². The Hall–Kier alpha value is -4.68. The normalized spacial score (nSPS) is 25.3. The molecule has 12 nitrogen and oxygen atoms in total. The van der Waals surface area contributed by atoms with E-state index >= 15 is 0 Å². The summed E-state index contributed by atoms with van der Waals surface area (Å²) in [5.74, 6) is 0.406. The highest BCUT2D eigenvalue weighted by Gasteiger charge is 2.41. The third-order valence-electron chi connectivity index (χ3n) is 11.9. The molecule has 1 aromatic heterocycles. The first kappa shape index (κ1) is 36.7.